The van der Waals surface area contributed by atoms with Crippen LogP contribution in [0.2, 0.25) is 0 Å². The lowest BCUT2D eigenvalue weighted by molar-refractivity contribution is 0.0789. The molecule has 1 heterocycles. The van der Waals surface area contributed by atoms with Crippen LogP contribution in [0.4, 0.5) is 5.69 Å². The first-order valence-corrected chi connectivity index (χ1v) is 9.23. The third kappa shape index (κ3) is 4.63. The molecule has 4 N–H and O–H groups in total. The summed E-state index contributed by atoms with van der Waals surface area (Å²) >= 11 is 0. The number of nitrogens with two attached hydrogens (primary N) is 1. The highest BCUT2D eigenvalue weighted by atomic mass is 16.5. The lowest BCUT2D eigenvalue weighted by atomic mass is 10.1. The zero-order chi connectivity index (χ0) is 19.9. The number of benzene rings is 2. The molecule has 0 saturated carbocycles. The third-order valence-corrected chi connectivity index (χ3v) is 4.63. The molecule has 1 saturated heterocycles. The van der Waals surface area contributed by atoms with Crippen molar-refractivity contribution in [2.24, 2.45) is 5.73 Å². The van der Waals surface area contributed by atoms with Crippen molar-refractivity contribution in [2.45, 2.75) is 12.8 Å². The lowest BCUT2D eigenvalue weighted by Crippen LogP contribution is -2.27. The molecule has 0 aromatic heterocycles. The van der Waals surface area contributed by atoms with Crippen molar-refractivity contribution in [2.75, 3.05) is 32.1 Å². The molecular weight excluding hydrogens is 352 g/mol. The second kappa shape index (κ2) is 8.96. The molecule has 1 aliphatic heterocycles. The van der Waals surface area contributed by atoms with E-state index in [2.05, 4.69) is 17.2 Å². The molecule has 0 spiro atoms. The molecular formula is C22H24N4O2. The molecule has 2 aromatic rings. The molecule has 6 nitrogen and oxygen atoms in total. The van der Waals surface area contributed by atoms with Crippen molar-refractivity contribution in [3.05, 3.63) is 59.2 Å². The van der Waals surface area contributed by atoms with Crippen LogP contribution in [0, 0.1) is 17.3 Å². The van der Waals surface area contributed by atoms with Crippen LogP contribution in [0.15, 0.2) is 42.5 Å². The van der Waals surface area contributed by atoms with Gasteiger partial charge >= 0.3 is 0 Å². The minimum Gasteiger partial charge on any atom is -0.496 e. The molecule has 1 aliphatic rings. The van der Waals surface area contributed by atoms with E-state index in [4.69, 9.17) is 15.9 Å². The molecule has 0 aliphatic carbocycles. The molecule has 0 bridgehead atoms. The van der Waals surface area contributed by atoms with Gasteiger partial charge in [-0.25, -0.2) is 0 Å². The molecule has 6 heteroatoms. The van der Waals surface area contributed by atoms with E-state index in [9.17, 15) is 4.79 Å². The predicted octanol–water partition coefficient (Wildman–Crippen LogP) is 2.68. The van der Waals surface area contributed by atoms with Gasteiger partial charge in [0.05, 0.1) is 19.2 Å². The molecule has 0 atom stereocenters. The number of carbonyl (C=O) groups is 1. The Kier molecular flexibility index (Phi) is 6.18. The normalized spacial score (nSPS) is 12.8. The number of anilines is 1. The Hall–Kier alpha value is -3.46. The Balaban J connectivity index is 1.63. The van der Waals surface area contributed by atoms with Gasteiger partial charge in [-0.05, 0) is 55.3 Å². The largest absolute Gasteiger partial charge is 0.496 e. The predicted molar refractivity (Wildman–Crippen MR) is 111 cm³/mol. The van der Waals surface area contributed by atoms with Gasteiger partial charge < -0.3 is 20.7 Å². The minimum absolute atomic E-state index is 0.0181. The SMILES string of the molecule is COc1cc(C#CCNc2ccc(C(=N)N)cc2)ccc1C(=O)N1CCCC1. The molecule has 1 fully saturated rings. The first-order chi connectivity index (χ1) is 13.6. The summed E-state index contributed by atoms with van der Waals surface area (Å²) in [6.07, 6.45) is 2.12. The van der Waals surface area contributed by atoms with Gasteiger partial charge in [-0.3, -0.25) is 10.2 Å². The number of methoxy groups -OCH3 is 1. The van der Waals surface area contributed by atoms with E-state index in [0.29, 0.717) is 23.4 Å². The van der Waals surface area contributed by atoms with Crippen LogP contribution in [-0.2, 0) is 0 Å². The smallest absolute Gasteiger partial charge is 0.257 e. The number of nitrogens with one attached hydrogen (secondary N) is 2. The number of ether oxygens (including phenoxy) is 1. The fourth-order valence-electron chi connectivity index (χ4n) is 3.10. The van der Waals surface area contributed by atoms with E-state index in [1.165, 1.54) is 0 Å². The zero-order valence-corrected chi connectivity index (χ0v) is 15.9. The number of carbonyl (C=O) groups excluding carboxylic acids is 1. The molecule has 0 unspecified atom stereocenters. The van der Waals surface area contributed by atoms with Crippen molar-refractivity contribution >= 4 is 17.4 Å². The second-order valence-electron chi connectivity index (χ2n) is 6.56. The Morgan fingerprint density at radius 3 is 2.57 bits per heavy atom. The van der Waals surface area contributed by atoms with Gasteiger partial charge in [-0.1, -0.05) is 11.8 Å². The monoisotopic (exact) mass is 376 g/mol. The number of amides is 1. The van der Waals surface area contributed by atoms with Crippen molar-refractivity contribution < 1.29 is 9.53 Å². The maximum absolute atomic E-state index is 12.6. The van der Waals surface area contributed by atoms with E-state index in [-0.39, 0.29) is 11.7 Å². The topological polar surface area (TPSA) is 91.4 Å². The Labute approximate surface area is 165 Å². The highest BCUT2D eigenvalue weighted by Crippen LogP contribution is 2.23. The highest BCUT2D eigenvalue weighted by molar-refractivity contribution is 5.97. The van der Waals surface area contributed by atoms with E-state index in [1.807, 2.05) is 23.1 Å². The summed E-state index contributed by atoms with van der Waals surface area (Å²) in [4.78, 5) is 14.5. The Bertz CT molecular complexity index is 920. The fraction of sp³-hybridized carbons (Fsp3) is 0.273. The Morgan fingerprint density at radius 1 is 1.21 bits per heavy atom. The quantitative estimate of drug-likeness (QED) is 0.425. The van der Waals surface area contributed by atoms with Crippen LogP contribution < -0.4 is 15.8 Å². The molecule has 28 heavy (non-hydrogen) atoms. The first kappa shape index (κ1) is 19.3. The van der Waals surface area contributed by atoms with Gasteiger partial charge in [0.25, 0.3) is 5.91 Å². The number of hydrogen-bond donors (Lipinski definition) is 3. The number of nitrogen functional groups attached to an aromatic ring is 1. The average Bonchev–Trinajstić information content (AvgIpc) is 3.25. The summed E-state index contributed by atoms with van der Waals surface area (Å²) in [7, 11) is 1.57. The van der Waals surface area contributed by atoms with Crippen molar-refractivity contribution in [1.82, 2.24) is 4.90 Å². The molecule has 3 rings (SSSR count). The maximum atomic E-state index is 12.6. The zero-order valence-electron chi connectivity index (χ0n) is 15.9. The summed E-state index contributed by atoms with van der Waals surface area (Å²) in [6, 6.07) is 12.7. The number of amidine groups is 1. The van der Waals surface area contributed by atoms with Gasteiger partial charge in [0.2, 0.25) is 0 Å². The summed E-state index contributed by atoms with van der Waals surface area (Å²) < 4.78 is 5.41. The van der Waals surface area contributed by atoms with Gasteiger partial charge in [-0.2, -0.15) is 0 Å². The number of likely N-dealkylation sites (tertiary alicyclic amines) is 1. The van der Waals surface area contributed by atoms with E-state index < -0.39 is 0 Å². The summed E-state index contributed by atoms with van der Waals surface area (Å²) in [5.41, 5.74) is 8.42. The Morgan fingerprint density at radius 2 is 1.93 bits per heavy atom. The van der Waals surface area contributed by atoms with Crippen LogP contribution in [0.1, 0.15) is 34.3 Å². The lowest BCUT2D eigenvalue weighted by Gasteiger charge is -2.17. The van der Waals surface area contributed by atoms with Gasteiger partial charge in [0.1, 0.15) is 11.6 Å². The van der Waals surface area contributed by atoms with Gasteiger partial charge in [0.15, 0.2) is 0 Å². The average molecular weight is 376 g/mol. The number of nitrogens with zero attached hydrogens (tertiary/aromatic N) is 1. The maximum Gasteiger partial charge on any atom is 0.257 e. The molecule has 1 amide bonds. The standard InChI is InChI=1S/C22H24N4O2/c1-28-20-15-16(6-11-19(20)22(27)26-13-2-3-14-26)5-4-12-25-18-9-7-17(8-10-18)21(23)24/h6-11,15,25H,2-3,12-14H2,1H3,(H3,23,24). The van der Waals surface area contributed by atoms with E-state index in [0.717, 1.165) is 37.2 Å². The van der Waals surface area contributed by atoms with Crippen LogP contribution >= 0.6 is 0 Å². The molecule has 2 aromatic carbocycles. The molecule has 0 radical (unpaired) electrons. The number of hydrogen-bond acceptors (Lipinski definition) is 4. The van der Waals surface area contributed by atoms with E-state index >= 15 is 0 Å². The van der Waals surface area contributed by atoms with Crippen LogP contribution in [0.3, 0.4) is 0 Å². The van der Waals surface area contributed by atoms with Crippen molar-refractivity contribution in [3.63, 3.8) is 0 Å². The van der Waals surface area contributed by atoms with Gasteiger partial charge in [0, 0.05) is 29.9 Å². The molecule has 144 valence electrons. The summed E-state index contributed by atoms with van der Waals surface area (Å²) in [5, 5.41) is 10.6. The summed E-state index contributed by atoms with van der Waals surface area (Å²) in [6.45, 7) is 2.08. The van der Waals surface area contributed by atoms with Crippen LogP contribution in [0.5, 0.6) is 5.75 Å². The minimum atomic E-state index is 0.0181. The van der Waals surface area contributed by atoms with Gasteiger partial charge in [-0.15, -0.1) is 0 Å². The van der Waals surface area contributed by atoms with Crippen molar-refractivity contribution in [1.29, 1.82) is 5.41 Å². The first-order valence-electron chi connectivity index (χ1n) is 9.23. The van der Waals surface area contributed by atoms with E-state index in [1.54, 1.807) is 31.4 Å². The van der Waals surface area contributed by atoms with Crippen LogP contribution in [0.25, 0.3) is 0 Å². The van der Waals surface area contributed by atoms with Crippen LogP contribution in [-0.4, -0.2) is 43.4 Å². The number of rotatable bonds is 5. The third-order valence-electron chi connectivity index (χ3n) is 4.63. The second-order valence-corrected chi connectivity index (χ2v) is 6.56. The fourth-order valence-corrected chi connectivity index (χ4v) is 3.10. The summed E-state index contributed by atoms with van der Waals surface area (Å²) in [5.74, 6) is 6.77. The van der Waals surface area contributed by atoms with Crippen molar-refractivity contribution in [3.8, 4) is 17.6 Å². The highest BCUT2D eigenvalue weighted by Gasteiger charge is 2.22.